The molecule has 2 aromatic carbocycles. The molecule has 0 unspecified atom stereocenters. The summed E-state index contributed by atoms with van der Waals surface area (Å²) >= 11 is 3.36. The van der Waals surface area contributed by atoms with Crippen molar-refractivity contribution >= 4 is 33.2 Å². The minimum absolute atomic E-state index is 0.177. The van der Waals surface area contributed by atoms with E-state index in [1.807, 2.05) is 37.3 Å². The van der Waals surface area contributed by atoms with Gasteiger partial charge in [0, 0.05) is 4.47 Å². The van der Waals surface area contributed by atoms with Crippen LogP contribution in [0.1, 0.15) is 15.9 Å². The van der Waals surface area contributed by atoms with Gasteiger partial charge in [-0.2, -0.15) is 0 Å². The summed E-state index contributed by atoms with van der Waals surface area (Å²) in [5.74, 6) is -0.177. The molecule has 0 fully saturated rings. The first-order chi connectivity index (χ1) is 8.59. The van der Waals surface area contributed by atoms with Gasteiger partial charge in [0.2, 0.25) is 0 Å². The average molecular weight is 305 g/mol. The number of aryl methyl sites for hydroxylation is 1. The van der Waals surface area contributed by atoms with E-state index in [4.69, 9.17) is 5.73 Å². The second-order valence-electron chi connectivity index (χ2n) is 3.97. The molecule has 1 amide bonds. The summed E-state index contributed by atoms with van der Waals surface area (Å²) in [4.78, 5) is 12.1. The normalized spacial score (nSPS) is 10.1. The van der Waals surface area contributed by atoms with Crippen molar-refractivity contribution in [2.75, 3.05) is 11.1 Å². The Hall–Kier alpha value is -1.81. The van der Waals surface area contributed by atoms with Crippen LogP contribution in [0.25, 0.3) is 0 Å². The van der Waals surface area contributed by atoms with Gasteiger partial charge >= 0.3 is 0 Å². The van der Waals surface area contributed by atoms with E-state index in [0.717, 1.165) is 10.0 Å². The number of carbonyl (C=O) groups is 1. The van der Waals surface area contributed by atoms with E-state index in [1.165, 1.54) is 0 Å². The van der Waals surface area contributed by atoms with Crippen LogP contribution in [0.3, 0.4) is 0 Å². The molecule has 0 aromatic heterocycles. The Morgan fingerprint density at radius 3 is 2.56 bits per heavy atom. The fraction of sp³-hybridized carbons (Fsp3) is 0.0714. The van der Waals surface area contributed by atoms with Gasteiger partial charge in [0.05, 0.1) is 16.9 Å². The number of hydrogen-bond donors (Lipinski definition) is 2. The molecule has 0 atom stereocenters. The standard InChI is InChI=1S/C14H13BrN2O/c1-9-5-4-8-12(16)13(9)17-14(18)10-6-2-3-7-11(10)15/h2-8H,16H2,1H3,(H,17,18). The molecule has 0 aliphatic carbocycles. The maximum absolute atomic E-state index is 12.1. The first-order valence-corrected chi connectivity index (χ1v) is 6.30. The molecule has 2 aromatic rings. The number of carbonyl (C=O) groups excluding carboxylic acids is 1. The van der Waals surface area contributed by atoms with Gasteiger partial charge in [0.1, 0.15) is 0 Å². The second-order valence-corrected chi connectivity index (χ2v) is 4.83. The third kappa shape index (κ3) is 2.54. The fourth-order valence-corrected chi connectivity index (χ4v) is 2.15. The predicted octanol–water partition coefficient (Wildman–Crippen LogP) is 3.59. The van der Waals surface area contributed by atoms with E-state index < -0.39 is 0 Å². The molecule has 0 saturated heterocycles. The van der Waals surface area contributed by atoms with E-state index >= 15 is 0 Å². The van der Waals surface area contributed by atoms with Crippen molar-refractivity contribution in [3.63, 3.8) is 0 Å². The number of halogens is 1. The topological polar surface area (TPSA) is 55.1 Å². The van der Waals surface area contributed by atoms with Crippen LogP contribution in [0.5, 0.6) is 0 Å². The lowest BCUT2D eigenvalue weighted by molar-refractivity contribution is 0.102. The highest BCUT2D eigenvalue weighted by molar-refractivity contribution is 9.10. The zero-order valence-electron chi connectivity index (χ0n) is 9.91. The highest BCUT2D eigenvalue weighted by atomic mass is 79.9. The monoisotopic (exact) mass is 304 g/mol. The number of nitrogens with one attached hydrogen (secondary N) is 1. The molecule has 3 N–H and O–H groups in total. The van der Waals surface area contributed by atoms with Gasteiger partial charge in [-0.05, 0) is 46.6 Å². The van der Waals surface area contributed by atoms with E-state index in [0.29, 0.717) is 16.9 Å². The van der Waals surface area contributed by atoms with Crippen LogP contribution >= 0.6 is 15.9 Å². The maximum Gasteiger partial charge on any atom is 0.256 e. The Morgan fingerprint density at radius 2 is 1.89 bits per heavy atom. The molecule has 0 aliphatic heterocycles. The van der Waals surface area contributed by atoms with E-state index in [-0.39, 0.29) is 5.91 Å². The molecule has 2 rings (SSSR count). The van der Waals surface area contributed by atoms with Crippen LogP contribution in [0, 0.1) is 6.92 Å². The largest absolute Gasteiger partial charge is 0.397 e. The zero-order valence-corrected chi connectivity index (χ0v) is 11.5. The number of hydrogen-bond acceptors (Lipinski definition) is 2. The summed E-state index contributed by atoms with van der Waals surface area (Å²) in [7, 11) is 0. The van der Waals surface area contributed by atoms with Crippen LogP contribution < -0.4 is 11.1 Å². The van der Waals surface area contributed by atoms with Crippen molar-refractivity contribution in [1.29, 1.82) is 0 Å². The van der Waals surface area contributed by atoms with E-state index in [9.17, 15) is 4.79 Å². The number of benzene rings is 2. The van der Waals surface area contributed by atoms with Gasteiger partial charge in [-0.3, -0.25) is 4.79 Å². The van der Waals surface area contributed by atoms with Crippen molar-refractivity contribution in [2.24, 2.45) is 0 Å². The van der Waals surface area contributed by atoms with Gasteiger partial charge in [-0.1, -0.05) is 24.3 Å². The molecule has 0 bridgehead atoms. The first-order valence-electron chi connectivity index (χ1n) is 5.50. The van der Waals surface area contributed by atoms with Crippen LogP contribution in [-0.4, -0.2) is 5.91 Å². The summed E-state index contributed by atoms with van der Waals surface area (Å²) in [5, 5.41) is 2.84. The molecule has 18 heavy (non-hydrogen) atoms. The number of nitrogens with two attached hydrogens (primary N) is 1. The van der Waals surface area contributed by atoms with Crippen LogP contribution in [0.4, 0.5) is 11.4 Å². The quantitative estimate of drug-likeness (QED) is 0.833. The average Bonchev–Trinajstić information content (AvgIpc) is 2.34. The highest BCUT2D eigenvalue weighted by Gasteiger charge is 2.12. The third-order valence-electron chi connectivity index (χ3n) is 2.66. The molecule has 0 radical (unpaired) electrons. The van der Waals surface area contributed by atoms with Crippen LogP contribution in [0.2, 0.25) is 0 Å². The maximum atomic E-state index is 12.1. The molecule has 0 spiro atoms. The zero-order chi connectivity index (χ0) is 13.1. The Bertz CT molecular complexity index is 576. The summed E-state index contributed by atoms with van der Waals surface area (Å²) in [6.45, 7) is 1.91. The number of anilines is 2. The molecule has 0 aliphatic rings. The van der Waals surface area contributed by atoms with Gasteiger partial charge in [0.25, 0.3) is 5.91 Å². The number of amides is 1. The van der Waals surface area contributed by atoms with Crippen molar-refractivity contribution < 1.29 is 4.79 Å². The molecule has 92 valence electrons. The lowest BCUT2D eigenvalue weighted by atomic mass is 10.1. The fourth-order valence-electron chi connectivity index (χ4n) is 1.69. The smallest absolute Gasteiger partial charge is 0.256 e. The minimum atomic E-state index is -0.177. The van der Waals surface area contributed by atoms with Gasteiger partial charge in [-0.15, -0.1) is 0 Å². The first kappa shape index (κ1) is 12.6. The second kappa shape index (κ2) is 5.23. The third-order valence-corrected chi connectivity index (χ3v) is 3.35. The molecule has 4 heteroatoms. The van der Waals surface area contributed by atoms with Crippen molar-refractivity contribution in [1.82, 2.24) is 0 Å². The summed E-state index contributed by atoms with van der Waals surface area (Å²) in [6, 6.07) is 12.8. The summed E-state index contributed by atoms with van der Waals surface area (Å²) in [5.41, 5.74) is 8.61. The number of rotatable bonds is 2. The predicted molar refractivity (Wildman–Crippen MR) is 77.7 cm³/mol. The van der Waals surface area contributed by atoms with Crippen LogP contribution in [0.15, 0.2) is 46.9 Å². The Balaban J connectivity index is 2.30. The van der Waals surface area contributed by atoms with Gasteiger partial charge < -0.3 is 11.1 Å². The van der Waals surface area contributed by atoms with E-state index in [1.54, 1.807) is 12.1 Å². The highest BCUT2D eigenvalue weighted by Crippen LogP contribution is 2.24. The number of nitrogen functional groups attached to an aromatic ring is 1. The molecule has 3 nitrogen and oxygen atoms in total. The Labute approximate surface area is 114 Å². The van der Waals surface area contributed by atoms with Crippen molar-refractivity contribution in [2.45, 2.75) is 6.92 Å². The Kier molecular flexibility index (Phi) is 3.67. The van der Waals surface area contributed by atoms with Crippen molar-refractivity contribution in [3.8, 4) is 0 Å². The SMILES string of the molecule is Cc1cccc(N)c1NC(=O)c1ccccc1Br. The summed E-state index contributed by atoms with van der Waals surface area (Å²) < 4.78 is 0.759. The number of para-hydroxylation sites is 1. The molecule has 0 saturated carbocycles. The lowest BCUT2D eigenvalue weighted by Gasteiger charge is -2.11. The van der Waals surface area contributed by atoms with Crippen molar-refractivity contribution in [3.05, 3.63) is 58.1 Å². The lowest BCUT2D eigenvalue weighted by Crippen LogP contribution is -2.14. The van der Waals surface area contributed by atoms with Gasteiger partial charge in [0.15, 0.2) is 0 Å². The van der Waals surface area contributed by atoms with Crippen LogP contribution in [-0.2, 0) is 0 Å². The minimum Gasteiger partial charge on any atom is -0.397 e. The molecule has 0 heterocycles. The Morgan fingerprint density at radius 1 is 1.17 bits per heavy atom. The molecular formula is C14H13BrN2O. The van der Waals surface area contributed by atoms with E-state index in [2.05, 4.69) is 21.2 Å². The summed E-state index contributed by atoms with van der Waals surface area (Å²) in [6.07, 6.45) is 0. The molecular weight excluding hydrogens is 292 g/mol. The van der Waals surface area contributed by atoms with Gasteiger partial charge in [-0.25, -0.2) is 0 Å².